The molecule has 0 aromatic carbocycles. The maximum absolute atomic E-state index is 11.8. The van der Waals surface area contributed by atoms with E-state index in [2.05, 4.69) is 4.74 Å². The monoisotopic (exact) mass is 134 g/mol. The van der Waals surface area contributed by atoms with Crippen LogP contribution in [0.5, 0.6) is 0 Å². The van der Waals surface area contributed by atoms with Gasteiger partial charge in [-0.3, -0.25) is 0 Å². The summed E-state index contributed by atoms with van der Waals surface area (Å²) in [4.78, 5) is 0. The van der Waals surface area contributed by atoms with Crippen molar-refractivity contribution in [1.82, 2.24) is 0 Å². The molecule has 0 spiro atoms. The van der Waals surface area contributed by atoms with Crippen LogP contribution in [0.2, 0.25) is 0 Å². The number of aliphatic hydroxyl groups excluding tert-OH is 1. The highest BCUT2D eigenvalue weighted by molar-refractivity contribution is 4.90. The van der Waals surface area contributed by atoms with Gasteiger partial charge in [0, 0.05) is 0 Å². The number of ether oxygens (including phenoxy) is 1. The van der Waals surface area contributed by atoms with Gasteiger partial charge < -0.3 is 9.84 Å². The van der Waals surface area contributed by atoms with Crippen molar-refractivity contribution >= 4 is 0 Å². The van der Waals surface area contributed by atoms with Gasteiger partial charge in [-0.05, 0) is 13.0 Å². The zero-order valence-corrected chi connectivity index (χ0v) is 5.60. The van der Waals surface area contributed by atoms with Crippen molar-refractivity contribution in [1.29, 1.82) is 0 Å². The minimum Gasteiger partial charge on any atom is -0.501 e. The van der Waals surface area contributed by atoms with E-state index in [4.69, 9.17) is 5.11 Å². The van der Waals surface area contributed by atoms with Crippen molar-refractivity contribution in [3.05, 3.63) is 11.8 Å². The minimum atomic E-state index is -1.81. The van der Waals surface area contributed by atoms with E-state index in [1.807, 2.05) is 0 Å². The molecule has 3 heteroatoms. The van der Waals surface area contributed by atoms with Crippen LogP contribution in [-0.2, 0) is 4.74 Å². The fourth-order valence-corrected chi connectivity index (χ4v) is 0.485. The van der Waals surface area contributed by atoms with Crippen LogP contribution >= 0.6 is 0 Å². The largest absolute Gasteiger partial charge is 0.501 e. The van der Waals surface area contributed by atoms with E-state index < -0.39 is 6.36 Å². The third kappa shape index (κ3) is 3.97. The second kappa shape index (κ2) is 4.32. The summed E-state index contributed by atoms with van der Waals surface area (Å²) in [6.07, 6.45) is -0.258. The molecule has 0 amide bonds. The third-order valence-electron chi connectivity index (χ3n) is 0.954. The summed E-state index contributed by atoms with van der Waals surface area (Å²) in [5.74, 6) is 0.463. The Labute approximate surface area is 53.9 Å². The van der Waals surface area contributed by atoms with Crippen LogP contribution in [0.15, 0.2) is 11.8 Å². The molecule has 1 N–H and O–H groups in total. The van der Waals surface area contributed by atoms with Gasteiger partial charge in [0.1, 0.15) is 0 Å². The van der Waals surface area contributed by atoms with Gasteiger partial charge in [-0.1, -0.05) is 0 Å². The maximum Gasteiger partial charge on any atom is 0.203 e. The van der Waals surface area contributed by atoms with Gasteiger partial charge in [-0.2, -0.15) is 0 Å². The normalized spacial score (nSPS) is 15.3. The van der Waals surface area contributed by atoms with Crippen molar-refractivity contribution in [3.8, 4) is 0 Å². The molecule has 0 saturated heterocycles. The number of aliphatic hydroxyl groups is 1. The van der Waals surface area contributed by atoms with Gasteiger partial charge >= 0.3 is 0 Å². The molecule has 2 nitrogen and oxygen atoms in total. The lowest BCUT2D eigenvalue weighted by molar-refractivity contribution is 0.0306. The highest BCUT2D eigenvalue weighted by atomic mass is 19.1. The summed E-state index contributed by atoms with van der Waals surface area (Å²) in [5, 5.41) is 8.20. The van der Waals surface area contributed by atoms with Gasteiger partial charge in [-0.15, -0.1) is 0 Å². The summed E-state index contributed by atoms with van der Waals surface area (Å²) in [5.41, 5.74) is 0. The van der Waals surface area contributed by atoms with Crippen LogP contribution in [0.4, 0.5) is 4.39 Å². The molecule has 0 radical (unpaired) electrons. The molecule has 0 saturated carbocycles. The number of halogens is 1. The molecule has 0 rings (SSSR count). The van der Waals surface area contributed by atoms with Gasteiger partial charge in [0.25, 0.3) is 0 Å². The molecule has 0 heterocycles. The molecule has 0 aliphatic rings. The quantitative estimate of drug-likeness (QED) is 0.588. The van der Waals surface area contributed by atoms with Crippen molar-refractivity contribution < 1.29 is 14.2 Å². The summed E-state index contributed by atoms with van der Waals surface area (Å²) < 4.78 is 16.4. The number of rotatable bonds is 3. The number of allylic oxidation sites excluding steroid dienone is 1. The molecule has 0 bridgehead atoms. The fraction of sp³-hybridized carbons (Fsp3) is 0.667. The number of alkyl halides is 1. The third-order valence-corrected chi connectivity index (χ3v) is 0.954. The second-order valence-corrected chi connectivity index (χ2v) is 1.60. The van der Waals surface area contributed by atoms with E-state index in [0.717, 1.165) is 0 Å². The van der Waals surface area contributed by atoms with E-state index in [0.29, 0.717) is 5.76 Å². The lowest BCUT2D eigenvalue weighted by Crippen LogP contribution is -2.00. The van der Waals surface area contributed by atoms with Gasteiger partial charge in [-0.25, -0.2) is 4.39 Å². The Morgan fingerprint density at radius 3 is 2.56 bits per heavy atom. The molecule has 0 aliphatic heterocycles. The molecule has 54 valence electrons. The van der Waals surface area contributed by atoms with Crippen molar-refractivity contribution in [2.45, 2.75) is 19.7 Å². The average Bonchev–Trinajstić information content (AvgIpc) is 1.82. The van der Waals surface area contributed by atoms with Crippen LogP contribution in [0, 0.1) is 0 Å². The van der Waals surface area contributed by atoms with Crippen LogP contribution in [-0.4, -0.2) is 18.6 Å². The first-order chi connectivity index (χ1) is 4.20. The lowest BCUT2D eigenvalue weighted by Gasteiger charge is -2.03. The van der Waals surface area contributed by atoms with Crippen LogP contribution in [0.3, 0.4) is 0 Å². The zero-order valence-electron chi connectivity index (χ0n) is 5.60. The maximum atomic E-state index is 11.8. The summed E-state index contributed by atoms with van der Waals surface area (Å²) in [7, 11) is 1.44. The highest BCUT2D eigenvalue weighted by Gasteiger charge is 2.02. The number of hydrogen-bond donors (Lipinski definition) is 1. The van der Waals surface area contributed by atoms with Crippen molar-refractivity contribution in [3.63, 3.8) is 0 Å². The van der Waals surface area contributed by atoms with Gasteiger partial charge in [0.05, 0.1) is 19.3 Å². The van der Waals surface area contributed by atoms with E-state index in [1.54, 1.807) is 13.0 Å². The smallest absolute Gasteiger partial charge is 0.203 e. The Morgan fingerprint density at radius 1 is 1.89 bits per heavy atom. The van der Waals surface area contributed by atoms with Crippen LogP contribution < -0.4 is 0 Å². The summed E-state index contributed by atoms with van der Waals surface area (Å²) in [6, 6.07) is 0. The Bertz CT molecular complexity index is 99.2. The average molecular weight is 134 g/mol. The van der Waals surface area contributed by atoms with E-state index in [-0.39, 0.29) is 6.42 Å². The number of hydrogen-bond acceptors (Lipinski definition) is 2. The van der Waals surface area contributed by atoms with Crippen LogP contribution in [0.1, 0.15) is 13.3 Å². The fourth-order valence-electron chi connectivity index (χ4n) is 0.485. The first kappa shape index (κ1) is 8.43. The second-order valence-electron chi connectivity index (χ2n) is 1.60. The first-order valence-corrected chi connectivity index (χ1v) is 2.72. The van der Waals surface area contributed by atoms with E-state index >= 15 is 0 Å². The molecular weight excluding hydrogens is 123 g/mol. The highest BCUT2D eigenvalue weighted by Crippen LogP contribution is 2.05. The molecule has 0 aromatic heterocycles. The SMILES string of the molecule is C/C=C(\CC(O)F)OC. The molecule has 0 fully saturated rings. The molecule has 9 heavy (non-hydrogen) atoms. The van der Waals surface area contributed by atoms with Gasteiger partial charge in [0.2, 0.25) is 6.36 Å². The topological polar surface area (TPSA) is 29.5 Å². The first-order valence-electron chi connectivity index (χ1n) is 2.72. The summed E-state index contributed by atoms with van der Waals surface area (Å²) in [6.45, 7) is 1.72. The zero-order chi connectivity index (χ0) is 7.28. The van der Waals surface area contributed by atoms with E-state index in [9.17, 15) is 4.39 Å². The Morgan fingerprint density at radius 2 is 2.44 bits per heavy atom. The molecule has 1 unspecified atom stereocenters. The predicted molar refractivity (Wildman–Crippen MR) is 32.5 cm³/mol. The van der Waals surface area contributed by atoms with Crippen molar-refractivity contribution in [2.24, 2.45) is 0 Å². The Hall–Kier alpha value is -0.570. The molecule has 1 atom stereocenters. The Balaban J connectivity index is 3.58. The molecular formula is C6H11FO2. The summed E-state index contributed by atoms with van der Waals surface area (Å²) >= 11 is 0. The molecule has 0 aromatic rings. The van der Waals surface area contributed by atoms with Crippen molar-refractivity contribution in [2.75, 3.05) is 7.11 Å². The predicted octanol–water partition coefficient (Wildman–Crippen LogP) is 1.21. The molecule has 0 aliphatic carbocycles. The Kier molecular flexibility index (Phi) is 4.05. The standard InChI is InChI=1S/C6H11FO2/c1-3-5(9-2)4-6(7)8/h3,6,8H,4H2,1-2H3/b5-3+. The van der Waals surface area contributed by atoms with Crippen LogP contribution in [0.25, 0.3) is 0 Å². The van der Waals surface area contributed by atoms with E-state index in [1.165, 1.54) is 7.11 Å². The number of methoxy groups -OCH3 is 1. The van der Waals surface area contributed by atoms with Gasteiger partial charge in [0.15, 0.2) is 0 Å². The lowest BCUT2D eigenvalue weighted by atomic mass is 10.3. The minimum absolute atomic E-state index is 0.0625.